The molecule has 0 radical (unpaired) electrons. The van der Waals surface area contributed by atoms with Gasteiger partial charge in [-0.1, -0.05) is 29.8 Å². The molecule has 0 amide bonds. The number of hydrogen-bond donors (Lipinski definition) is 1. The van der Waals surface area contributed by atoms with Gasteiger partial charge in [-0.3, -0.25) is 0 Å². The minimum atomic E-state index is -0.147. The van der Waals surface area contributed by atoms with E-state index in [9.17, 15) is 5.11 Å². The van der Waals surface area contributed by atoms with Crippen LogP contribution in [0, 0.1) is 0 Å². The third-order valence-electron chi connectivity index (χ3n) is 3.52. The zero-order valence-corrected chi connectivity index (χ0v) is 11.7. The highest BCUT2D eigenvalue weighted by molar-refractivity contribution is 6.31. The number of para-hydroxylation sites is 1. The van der Waals surface area contributed by atoms with Gasteiger partial charge in [0.05, 0.1) is 5.56 Å². The fourth-order valence-electron chi connectivity index (χ4n) is 2.59. The van der Waals surface area contributed by atoms with Crippen LogP contribution < -0.4 is 4.74 Å². The number of rotatable bonds is 1. The summed E-state index contributed by atoms with van der Waals surface area (Å²) in [5, 5.41) is 9.96. The van der Waals surface area contributed by atoms with Crippen LogP contribution in [0.25, 0.3) is 22.5 Å². The maximum atomic E-state index is 9.36. The quantitative estimate of drug-likeness (QED) is 0.545. The van der Waals surface area contributed by atoms with E-state index in [0.717, 1.165) is 22.4 Å². The number of aliphatic hydroxyl groups is 1. The molecule has 2 aromatic carbocycles. The van der Waals surface area contributed by atoms with E-state index in [1.165, 1.54) is 0 Å². The molecule has 4 rings (SSSR count). The fraction of sp³-hybridized carbons (Fsp3) is 0.0588. The topological polar surface area (TPSA) is 42.6 Å². The molecule has 104 valence electrons. The smallest absolute Gasteiger partial charge is 0.146 e. The third-order valence-corrected chi connectivity index (χ3v) is 3.76. The van der Waals surface area contributed by atoms with Gasteiger partial charge < -0.3 is 14.3 Å². The molecular formula is C17H11ClO3. The number of hydrogen-bond acceptors (Lipinski definition) is 3. The number of benzene rings is 2. The lowest BCUT2D eigenvalue weighted by Gasteiger charge is -2.08. The van der Waals surface area contributed by atoms with Crippen LogP contribution in [0.2, 0.25) is 5.02 Å². The first-order valence-corrected chi connectivity index (χ1v) is 6.95. The molecule has 0 fully saturated rings. The molecule has 3 aromatic rings. The van der Waals surface area contributed by atoms with Crippen LogP contribution in [0.1, 0.15) is 5.76 Å². The van der Waals surface area contributed by atoms with Crippen LogP contribution in [-0.2, 0) is 6.61 Å². The minimum absolute atomic E-state index is 0.147. The van der Waals surface area contributed by atoms with Gasteiger partial charge in [0.15, 0.2) is 0 Å². The van der Waals surface area contributed by atoms with Crippen molar-refractivity contribution in [2.24, 2.45) is 0 Å². The molecule has 0 bridgehead atoms. The SMILES string of the molecule is OCc1cc2c(o1)-c1cc(Cl)ccc1Oc1ccccc1-2. The van der Waals surface area contributed by atoms with Gasteiger partial charge in [0.25, 0.3) is 0 Å². The Morgan fingerprint density at radius 3 is 2.57 bits per heavy atom. The number of fused-ring (bicyclic) bond motifs is 5. The van der Waals surface area contributed by atoms with E-state index in [0.29, 0.717) is 22.3 Å². The fourth-order valence-corrected chi connectivity index (χ4v) is 2.76. The zero-order chi connectivity index (χ0) is 14.4. The van der Waals surface area contributed by atoms with Crippen molar-refractivity contribution < 1.29 is 14.3 Å². The van der Waals surface area contributed by atoms with Gasteiger partial charge in [-0.2, -0.15) is 0 Å². The molecular weight excluding hydrogens is 288 g/mol. The molecule has 21 heavy (non-hydrogen) atoms. The predicted molar refractivity (Wildman–Crippen MR) is 80.6 cm³/mol. The Balaban J connectivity index is 2.08. The maximum Gasteiger partial charge on any atom is 0.146 e. The summed E-state index contributed by atoms with van der Waals surface area (Å²) in [5.41, 5.74) is 2.62. The van der Waals surface area contributed by atoms with E-state index in [1.54, 1.807) is 6.07 Å². The summed E-state index contributed by atoms with van der Waals surface area (Å²) in [6, 6.07) is 15.0. The van der Waals surface area contributed by atoms with Gasteiger partial charge >= 0.3 is 0 Å². The Hall–Kier alpha value is -2.23. The van der Waals surface area contributed by atoms with E-state index in [4.69, 9.17) is 20.8 Å². The van der Waals surface area contributed by atoms with Crippen LogP contribution in [0.15, 0.2) is 52.9 Å². The van der Waals surface area contributed by atoms with Gasteiger partial charge in [-0.25, -0.2) is 0 Å². The molecule has 1 N–H and O–H groups in total. The summed E-state index contributed by atoms with van der Waals surface area (Å²) in [7, 11) is 0. The Morgan fingerprint density at radius 2 is 1.71 bits per heavy atom. The Kier molecular flexibility index (Phi) is 2.77. The van der Waals surface area contributed by atoms with Gasteiger partial charge in [0.1, 0.15) is 29.6 Å². The first kappa shape index (κ1) is 12.5. The second kappa shape index (κ2) is 4.65. The molecule has 0 saturated heterocycles. The van der Waals surface area contributed by atoms with E-state index in [1.807, 2.05) is 42.5 Å². The van der Waals surface area contributed by atoms with Crippen LogP contribution in [0.4, 0.5) is 0 Å². The summed E-state index contributed by atoms with van der Waals surface area (Å²) in [5.74, 6) is 2.62. The minimum Gasteiger partial charge on any atom is -0.458 e. The van der Waals surface area contributed by atoms with Crippen LogP contribution in [-0.4, -0.2) is 5.11 Å². The van der Waals surface area contributed by atoms with Crippen molar-refractivity contribution in [1.82, 2.24) is 0 Å². The molecule has 4 heteroatoms. The van der Waals surface area contributed by atoms with Gasteiger partial charge in [0, 0.05) is 16.1 Å². The van der Waals surface area contributed by atoms with Crippen molar-refractivity contribution in [3.05, 3.63) is 59.3 Å². The molecule has 1 aromatic heterocycles. The highest BCUT2D eigenvalue weighted by Gasteiger charge is 2.24. The van der Waals surface area contributed by atoms with Gasteiger partial charge in [-0.15, -0.1) is 0 Å². The first-order chi connectivity index (χ1) is 10.3. The number of halogens is 1. The molecule has 0 saturated carbocycles. The molecule has 0 unspecified atom stereocenters. The van der Waals surface area contributed by atoms with Crippen molar-refractivity contribution in [3.8, 4) is 33.9 Å². The van der Waals surface area contributed by atoms with Crippen molar-refractivity contribution >= 4 is 11.6 Å². The molecule has 0 aliphatic carbocycles. The lowest BCUT2D eigenvalue weighted by molar-refractivity contribution is 0.248. The summed E-state index contributed by atoms with van der Waals surface area (Å²) >= 11 is 6.10. The lowest BCUT2D eigenvalue weighted by atomic mass is 10.0. The second-order valence-electron chi connectivity index (χ2n) is 4.85. The standard InChI is InChI=1S/C17H11ClO3/c18-10-5-6-16-14(7-10)17-13(8-11(9-19)20-17)12-3-1-2-4-15(12)21-16/h1-8,19H,9H2. The van der Waals surface area contributed by atoms with E-state index >= 15 is 0 Å². The Labute approximate surface area is 126 Å². The summed E-state index contributed by atoms with van der Waals surface area (Å²) < 4.78 is 11.8. The average Bonchev–Trinajstić information content (AvgIpc) is 2.89. The highest BCUT2D eigenvalue weighted by Crippen LogP contribution is 2.48. The van der Waals surface area contributed by atoms with Crippen LogP contribution >= 0.6 is 11.6 Å². The maximum absolute atomic E-state index is 9.36. The molecule has 0 atom stereocenters. The van der Waals surface area contributed by atoms with Gasteiger partial charge in [0.2, 0.25) is 0 Å². The largest absolute Gasteiger partial charge is 0.458 e. The van der Waals surface area contributed by atoms with Gasteiger partial charge in [-0.05, 0) is 30.3 Å². The normalized spacial score (nSPS) is 11.9. The zero-order valence-electron chi connectivity index (χ0n) is 11.0. The predicted octanol–water partition coefficient (Wildman–Crippen LogP) is 4.87. The lowest BCUT2D eigenvalue weighted by Crippen LogP contribution is -1.86. The van der Waals surface area contributed by atoms with E-state index in [-0.39, 0.29) is 6.61 Å². The Bertz CT molecular complexity index is 836. The summed E-state index contributed by atoms with van der Waals surface area (Å²) in [4.78, 5) is 0. The highest BCUT2D eigenvalue weighted by atomic mass is 35.5. The van der Waals surface area contributed by atoms with E-state index in [2.05, 4.69) is 0 Å². The van der Waals surface area contributed by atoms with Crippen molar-refractivity contribution in [3.63, 3.8) is 0 Å². The van der Waals surface area contributed by atoms with Crippen molar-refractivity contribution in [1.29, 1.82) is 0 Å². The van der Waals surface area contributed by atoms with E-state index < -0.39 is 0 Å². The van der Waals surface area contributed by atoms with Crippen molar-refractivity contribution in [2.45, 2.75) is 6.61 Å². The Morgan fingerprint density at radius 1 is 0.905 bits per heavy atom. The van der Waals surface area contributed by atoms with Crippen LogP contribution in [0.5, 0.6) is 11.5 Å². The number of aliphatic hydroxyl groups excluding tert-OH is 1. The molecule has 1 aliphatic rings. The number of ether oxygens (including phenoxy) is 1. The number of furan rings is 1. The third kappa shape index (κ3) is 1.94. The van der Waals surface area contributed by atoms with Crippen molar-refractivity contribution in [2.75, 3.05) is 0 Å². The summed E-state index contributed by atoms with van der Waals surface area (Å²) in [6.45, 7) is -0.147. The average molecular weight is 299 g/mol. The second-order valence-corrected chi connectivity index (χ2v) is 5.29. The molecule has 1 aliphatic heterocycles. The van der Waals surface area contributed by atoms with Crippen LogP contribution in [0.3, 0.4) is 0 Å². The monoisotopic (exact) mass is 298 g/mol. The molecule has 0 spiro atoms. The first-order valence-electron chi connectivity index (χ1n) is 6.57. The molecule has 3 nitrogen and oxygen atoms in total. The molecule has 2 heterocycles. The summed E-state index contributed by atoms with van der Waals surface area (Å²) in [6.07, 6.45) is 0.